The van der Waals surface area contributed by atoms with Crippen molar-refractivity contribution >= 4 is 17.7 Å². The number of nitrogens with zero attached hydrogens (tertiary/aromatic N) is 2. The SMILES string of the molecule is NC1CN(Cc2cccc3c2C(=O)N(C2CCC(=O)NC2=O)C3)C2(CCCCCC2)C1. The Balaban J connectivity index is 1.40. The number of rotatable bonds is 3. The Morgan fingerprint density at radius 2 is 1.87 bits per heavy atom. The maximum Gasteiger partial charge on any atom is 0.255 e. The first-order valence-electron chi connectivity index (χ1n) is 11.7. The minimum Gasteiger partial charge on any atom is -0.326 e. The van der Waals surface area contributed by atoms with Crippen molar-refractivity contribution in [2.75, 3.05) is 6.54 Å². The van der Waals surface area contributed by atoms with Gasteiger partial charge in [-0.25, -0.2) is 0 Å². The van der Waals surface area contributed by atoms with Gasteiger partial charge in [0.15, 0.2) is 0 Å². The van der Waals surface area contributed by atoms with E-state index in [1.54, 1.807) is 4.90 Å². The topological polar surface area (TPSA) is 95.7 Å². The quantitative estimate of drug-likeness (QED) is 0.725. The second kappa shape index (κ2) is 8.02. The molecule has 7 nitrogen and oxygen atoms in total. The van der Waals surface area contributed by atoms with Crippen molar-refractivity contribution in [3.05, 3.63) is 34.9 Å². The van der Waals surface area contributed by atoms with E-state index in [1.165, 1.54) is 38.5 Å². The van der Waals surface area contributed by atoms with Gasteiger partial charge >= 0.3 is 0 Å². The van der Waals surface area contributed by atoms with Gasteiger partial charge in [0.25, 0.3) is 5.91 Å². The van der Waals surface area contributed by atoms with Gasteiger partial charge in [-0.1, -0.05) is 43.9 Å². The Hall–Kier alpha value is -2.25. The van der Waals surface area contributed by atoms with Gasteiger partial charge in [0.2, 0.25) is 11.8 Å². The molecule has 1 aromatic carbocycles. The zero-order chi connectivity index (χ0) is 21.6. The van der Waals surface area contributed by atoms with E-state index >= 15 is 0 Å². The lowest BCUT2D eigenvalue weighted by atomic mass is 9.86. The van der Waals surface area contributed by atoms with Crippen molar-refractivity contribution in [1.82, 2.24) is 15.1 Å². The first-order valence-corrected chi connectivity index (χ1v) is 11.7. The molecule has 0 aromatic heterocycles. The largest absolute Gasteiger partial charge is 0.326 e. The lowest BCUT2D eigenvalue weighted by Crippen LogP contribution is -2.52. The van der Waals surface area contributed by atoms with E-state index in [-0.39, 0.29) is 35.7 Å². The van der Waals surface area contributed by atoms with E-state index < -0.39 is 6.04 Å². The summed E-state index contributed by atoms with van der Waals surface area (Å²) in [6, 6.07) is 5.67. The Labute approximate surface area is 183 Å². The molecule has 2 saturated heterocycles. The van der Waals surface area contributed by atoms with Crippen LogP contribution in [0.25, 0.3) is 0 Å². The summed E-state index contributed by atoms with van der Waals surface area (Å²) >= 11 is 0. The lowest BCUT2D eigenvalue weighted by Gasteiger charge is -2.38. The summed E-state index contributed by atoms with van der Waals surface area (Å²) in [6.07, 6.45) is 9.17. The fourth-order valence-corrected chi connectivity index (χ4v) is 6.33. The van der Waals surface area contributed by atoms with Crippen molar-refractivity contribution in [2.24, 2.45) is 5.73 Å². The number of nitrogens with one attached hydrogen (secondary N) is 1. The monoisotopic (exact) mass is 424 g/mol. The predicted octanol–water partition coefficient (Wildman–Crippen LogP) is 2.07. The summed E-state index contributed by atoms with van der Waals surface area (Å²) in [7, 11) is 0. The molecule has 3 amide bonds. The number of hydrogen-bond donors (Lipinski definition) is 2. The van der Waals surface area contributed by atoms with Crippen LogP contribution in [0.3, 0.4) is 0 Å². The highest BCUT2D eigenvalue weighted by atomic mass is 16.2. The fourth-order valence-electron chi connectivity index (χ4n) is 6.33. The van der Waals surface area contributed by atoms with Crippen LogP contribution in [0.5, 0.6) is 0 Å². The molecule has 2 atom stereocenters. The molecule has 3 heterocycles. The maximum absolute atomic E-state index is 13.4. The molecule has 5 rings (SSSR count). The highest BCUT2D eigenvalue weighted by Gasteiger charge is 2.45. The molecule has 1 spiro atoms. The number of nitrogens with two attached hydrogens (primary N) is 1. The molecule has 1 aromatic rings. The molecule has 4 aliphatic rings. The van der Waals surface area contributed by atoms with E-state index in [0.29, 0.717) is 13.0 Å². The summed E-state index contributed by atoms with van der Waals surface area (Å²) in [4.78, 5) is 41.5. The molecule has 1 aliphatic carbocycles. The van der Waals surface area contributed by atoms with Crippen LogP contribution < -0.4 is 11.1 Å². The molecule has 7 heteroatoms. The Morgan fingerprint density at radius 1 is 1.10 bits per heavy atom. The zero-order valence-corrected chi connectivity index (χ0v) is 18.1. The van der Waals surface area contributed by atoms with E-state index in [9.17, 15) is 14.4 Å². The molecule has 3 aliphatic heterocycles. The van der Waals surface area contributed by atoms with Crippen LogP contribution in [0.4, 0.5) is 0 Å². The van der Waals surface area contributed by atoms with Crippen molar-refractivity contribution in [3.8, 4) is 0 Å². The fraction of sp³-hybridized carbons (Fsp3) is 0.625. The van der Waals surface area contributed by atoms with Gasteiger partial charge in [-0.2, -0.15) is 0 Å². The summed E-state index contributed by atoms with van der Waals surface area (Å²) in [5.41, 5.74) is 9.35. The maximum atomic E-state index is 13.4. The van der Waals surface area contributed by atoms with Gasteiger partial charge in [-0.15, -0.1) is 0 Å². The summed E-state index contributed by atoms with van der Waals surface area (Å²) < 4.78 is 0. The third-order valence-corrected chi connectivity index (χ3v) is 7.80. The number of carbonyl (C=O) groups excluding carboxylic acids is 3. The molecule has 1 saturated carbocycles. The van der Waals surface area contributed by atoms with Crippen LogP contribution in [0.2, 0.25) is 0 Å². The van der Waals surface area contributed by atoms with Gasteiger partial charge in [0.05, 0.1) is 0 Å². The summed E-state index contributed by atoms with van der Waals surface area (Å²) in [5.74, 6) is -0.703. The first-order chi connectivity index (χ1) is 15.0. The Morgan fingerprint density at radius 3 is 2.61 bits per heavy atom. The normalized spacial score (nSPS) is 28.7. The summed E-state index contributed by atoms with van der Waals surface area (Å²) in [5, 5.41) is 2.38. The van der Waals surface area contributed by atoms with Crippen LogP contribution in [0, 0.1) is 0 Å². The highest BCUT2D eigenvalue weighted by Crippen LogP contribution is 2.42. The Bertz CT molecular complexity index is 906. The number of amides is 3. The predicted molar refractivity (Wildman–Crippen MR) is 116 cm³/mol. The van der Waals surface area contributed by atoms with Crippen LogP contribution in [0.15, 0.2) is 18.2 Å². The third-order valence-electron chi connectivity index (χ3n) is 7.80. The van der Waals surface area contributed by atoms with Crippen molar-refractivity contribution in [1.29, 1.82) is 0 Å². The lowest BCUT2D eigenvalue weighted by molar-refractivity contribution is -0.136. The van der Waals surface area contributed by atoms with Gasteiger partial charge < -0.3 is 10.6 Å². The first kappa shape index (κ1) is 20.6. The molecule has 0 bridgehead atoms. The molecule has 3 fully saturated rings. The molecular formula is C24H32N4O3. The number of hydrogen-bond acceptors (Lipinski definition) is 5. The average molecular weight is 425 g/mol. The van der Waals surface area contributed by atoms with E-state index in [4.69, 9.17) is 5.73 Å². The van der Waals surface area contributed by atoms with Gasteiger partial charge in [0, 0.05) is 43.2 Å². The van der Waals surface area contributed by atoms with Crippen molar-refractivity contribution in [2.45, 2.75) is 88.5 Å². The van der Waals surface area contributed by atoms with Gasteiger partial charge in [-0.05, 0) is 36.8 Å². The second-order valence-electron chi connectivity index (χ2n) is 9.83. The third kappa shape index (κ3) is 3.68. The molecule has 166 valence electrons. The smallest absolute Gasteiger partial charge is 0.255 e. The average Bonchev–Trinajstić information content (AvgIpc) is 3.10. The second-order valence-corrected chi connectivity index (χ2v) is 9.83. The standard InChI is InChI=1S/C24H32N4O3/c25-18-12-24(10-3-1-2-4-11-24)27(15-18)13-16-6-5-7-17-14-28(23(31)21(16)17)19-8-9-20(29)26-22(19)30/h5-7,18-19H,1-4,8-15,25H2,(H,26,29,30). The number of likely N-dealkylation sites (tertiary alicyclic amines) is 1. The number of benzene rings is 1. The molecule has 3 N–H and O–H groups in total. The number of carbonyl (C=O) groups is 3. The van der Waals surface area contributed by atoms with Crippen LogP contribution in [-0.2, 0) is 22.7 Å². The summed E-state index contributed by atoms with van der Waals surface area (Å²) in [6.45, 7) is 2.03. The van der Waals surface area contributed by atoms with E-state index in [1.807, 2.05) is 12.1 Å². The van der Waals surface area contributed by atoms with Crippen LogP contribution in [0.1, 0.15) is 79.3 Å². The van der Waals surface area contributed by atoms with E-state index in [2.05, 4.69) is 16.3 Å². The minimum absolute atomic E-state index is 0.0847. The molecule has 0 radical (unpaired) electrons. The number of fused-ring (bicyclic) bond motifs is 1. The van der Waals surface area contributed by atoms with Crippen LogP contribution in [-0.4, -0.2) is 51.7 Å². The van der Waals surface area contributed by atoms with Crippen LogP contribution >= 0.6 is 0 Å². The highest BCUT2D eigenvalue weighted by molar-refractivity contribution is 6.06. The van der Waals surface area contributed by atoms with Crippen molar-refractivity contribution in [3.63, 3.8) is 0 Å². The zero-order valence-electron chi connectivity index (χ0n) is 18.1. The van der Waals surface area contributed by atoms with Gasteiger partial charge in [0.1, 0.15) is 6.04 Å². The molecule has 31 heavy (non-hydrogen) atoms. The van der Waals surface area contributed by atoms with Crippen molar-refractivity contribution < 1.29 is 14.4 Å². The molecule has 2 unspecified atom stereocenters. The number of imide groups is 1. The van der Waals surface area contributed by atoms with E-state index in [0.717, 1.165) is 36.2 Å². The minimum atomic E-state index is -0.571. The molecular weight excluding hydrogens is 392 g/mol. The van der Waals surface area contributed by atoms with Gasteiger partial charge in [-0.3, -0.25) is 24.6 Å². The Kier molecular flexibility index (Phi) is 5.34. The number of piperidine rings is 1.